The molecule has 65 heavy (non-hydrogen) atoms. The molecule has 3 N–H and O–H groups in total. The molecule has 7 rings (SSSR count). The van der Waals surface area contributed by atoms with Gasteiger partial charge in [0.1, 0.15) is 35.1 Å². The molecule has 1 aromatic heterocycles. The Morgan fingerprint density at radius 2 is 1.78 bits per heavy atom. The van der Waals surface area contributed by atoms with Crippen molar-refractivity contribution >= 4 is 44.6 Å². The van der Waals surface area contributed by atoms with Gasteiger partial charge in [-0.2, -0.15) is 0 Å². The molecular formula is C48H62FN5O10S. The first kappa shape index (κ1) is 47.5. The molecule has 7 atom stereocenters. The highest BCUT2D eigenvalue weighted by molar-refractivity contribution is 7.91. The van der Waals surface area contributed by atoms with E-state index in [1.54, 1.807) is 71.9 Å². The quantitative estimate of drug-likeness (QED) is 0.178. The second-order valence-electron chi connectivity index (χ2n) is 19.8. The molecule has 2 saturated carbocycles. The summed E-state index contributed by atoms with van der Waals surface area (Å²) in [6, 6.07) is 9.29. The van der Waals surface area contributed by atoms with Crippen LogP contribution in [-0.2, 0) is 29.1 Å². The molecule has 4 aliphatic rings. The van der Waals surface area contributed by atoms with E-state index in [4.69, 9.17) is 23.9 Å². The van der Waals surface area contributed by atoms with Gasteiger partial charge in [-0.3, -0.25) is 19.1 Å². The van der Waals surface area contributed by atoms with Gasteiger partial charge in [-0.1, -0.05) is 26.0 Å². The summed E-state index contributed by atoms with van der Waals surface area (Å²) in [6.45, 7) is 14.1. The molecule has 17 heteroatoms. The molecule has 4 amide bonds. The highest BCUT2D eigenvalue weighted by atomic mass is 32.2. The third kappa shape index (κ3) is 10.5. The summed E-state index contributed by atoms with van der Waals surface area (Å²) >= 11 is 0. The lowest BCUT2D eigenvalue weighted by molar-refractivity contribution is -0.142. The molecule has 15 nitrogen and oxygen atoms in total. The normalized spacial score (nSPS) is 27.3. The van der Waals surface area contributed by atoms with Crippen LogP contribution in [0.4, 0.5) is 9.18 Å². The number of rotatable bonds is 10. The zero-order valence-electron chi connectivity index (χ0n) is 38.7. The van der Waals surface area contributed by atoms with Crippen molar-refractivity contribution in [1.29, 1.82) is 0 Å². The Bertz CT molecular complexity index is 2490. The van der Waals surface area contributed by atoms with Crippen LogP contribution in [0.25, 0.3) is 22.0 Å². The molecular weight excluding hydrogens is 858 g/mol. The van der Waals surface area contributed by atoms with Gasteiger partial charge in [0.2, 0.25) is 27.7 Å². The first-order chi connectivity index (χ1) is 30.5. The molecule has 1 saturated heterocycles. The Balaban J connectivity index is 1.27. The number of fused-ring (bicyclic) bond motifs is 3. The molecule has 3 aromatic rings. The predicted molar refractivity (Wildman–Crippen MR) is 242 cm³/mol. The standard InChI is InChI=1S/C48H62FN5O10S/c1-27(2)62-39-17-14-30(22-36(39)49)37-23-31-21-33(61-9)15-16-35(31)42(50-37)63-34-24-38-41(55)52-48(44(57)53-65(59,60)47(8)18-19-47)25-32(48)13-11-10-12-28(3)20-29(4)40(43(56)54(38)26-34)51-45(58)64-46(5,6)7/h11,13-17,21-23,27-29,32,34,38,40H,10,12,18-20,24-26H2,1-9H3,(H,51,58)(H,52,55)(H,53,57)/b13-11-/t28-,29+,32?,34+,38-,40-,48+/m0/s1. The van der Waals surface area contributed by atoms with Gasteiger partial charge in [0.15, 0.2) is 11.6 Å². The van der Waals surface area contributed by atoms with Crippen molar-refractivity contribution in [3.8, 4) is 28.6 Å². The van der Waals surface area contributed by atoms with Crippen molar-refractivity contribution < 1.29 is 50.9 Å². The summed E-state index contributed by atoms with van der Waals surface area (Å²) < 4.78 is 66.6. The van der Waals surface area contributed by atoms with E-state index in [0.29, 0.717) is 53.5 Å². The lowest BCUT2D eigenvalue weighted by atomic mass is 9.88. The fraction of sp³-hybridized carbons (Fsp3) is 0.562. The highest BCUT2D eigenvalue weighted by Crippen LogP contribution is 2.48. The van der Waals surface area contributed by atoms with E-state index < -0.39 is 85.6 Å². The van der Waals surface area contributed by atoms with Crippen molar-refractivity contribution in [1.82, 2.24) is 25.2 Å². The molecule has 0 radical (unpaired) electrons. The number of carbonyl (C=O) groups excluding carboxylic acids is 4. The molecule has 2 aliphatic carbocycles. The molecule has 0 spiro atoms. The first-order valence-corrected chi connectivity index (χ1v) is 24.0. The van der Waals surface area contributed by atoms with Crippen LogP contribution >= 0.6 is 0 Å². The summed E-state index contributed by atoms with van der Waals surface area (Å²) in [5.74, 6) is -2.66. The average molecular weight is 920 g/mol. The van der Waals surface area contributed by atoms with E-state index in [0.717, 1.165) is 6.42 Å². The molecule has 2 aliphatic heterocycles. The topological polar surface area (TPSA) is 192 Å². The van der Waals surface area contributed by atoms with Crippen LogP contribution in [0, 0.1) is 23.6 Å². The first-order valence-electron chi connectivity index (χ1n) is 22.5. The van der Waals surface area contributed by atoms with Crippen LogP contribution in [-0.4, -0.2) is 95.9 Å². The smallest absolute Gasteiger partial charge is 0.408 e. The number of pyridine rings is 1. The van der Waals surface area contributed by atoms with Gasteiger partial charge in [-0.05, 0) is 140 Å². The van der Waals surface area contributed by atoms with E-state index in [1.807, 2.05) is 19.1 Å². The van der Waals surface area contributed by atoms with Gasteiger partial charge < -0.3 is 34.5 Å². The van der Waals surface area contributed by atoms with Crippen LogP contribution in [0.2, 0.25) is 0 Å². The number of amides is 4. The number of hydrogen-bond acceptors (Lipinski definition) is 11. The van der Waals surface area contributed by atoms with Crippen molar-refractivity contribution in [2.75, 3.05) is 13.7 Å². The number of halogens is 1. The van der Waals surface area contributed by atoms with Gasteiger partial charge >= 0.3 is 6.09 Å². The lowest BCUT2D eigenvalue weighted by Crippen LogP contribution is -2.59. The fourth-order valence-corrected chi connectivity index (χ4v) is 10.1. The number of sulfonamides is 1. The number of methoxy groups -OCH3 is 1. The summed E-state index contributed by atoms with van der Waals surface area (Å²) in [7, 11) is -2.51. The maximum atomic E-state index is 15.4. The highest BCUT2D eigenvalue weighted by Gasteiger charge is 2.63. The van der Waals surface area contributed by atoms with Gasteiger partial charge in [0.25, 0.3) is 5.91 Å². The Morgan fingerprint density at radius 1 is 1.05 bits per heavy atom. The number of nitrogens with zero attached hydrogens (tertiary/aromatic N) is 2. The average Bonchev–Trinajstić information content (AvgIpc) is 4.10. The monoisotopic (exact) mass is 919 g/mol. The minimum Gasteiger partial charge on any atom is -0.497 e. The fourth-order valence-electron chi connectivity index (χ4n) is 8.77. The lowest BCUT2D eigenvalue weighted by Gasteiger charge is -2.33. The van der Waals surface area contributed by atoms with E-state index in [2.05, 4.69) is 22.3 Å². The molecule has 3 fully saturated rings. The molecule has 352 valence electrons. The summed E-state index contributed by atoms with van der Waals surface area (Å²) in [5, 5.41) is 6.96. The number of carbonyl (C=O) groups is 4. The molecule has 3 heterocycles. The van der Waals surface area contributed by atoms with Gasteiger partial charge in [0, 0.05) is 23.3 Å². The van der Waals surface area contributed by atoms with E-state index >= 15 is 9.18 Å². The Labute approximate surface area is 380 Å². The number of nitrogens with one attached hydrogen (secondary N) is 3. The Hall–Kier alpha value is -5.45. The number of ether oxygens (including phenoxy) is 4. The third-order valence-corrected chi connectivity index (χ3v) is 15.0. The molecule has 2 aromatic carbocycles. The number of alkyl carbamates (subject to hydrolysis) is 1. The van der Waals surface area contributed by atoms with E-state index in [1.165, 1.54) is 24.1 Å². The second kappa shape index (κ2) is 18.1. The SMILES string of the molecule is COc1ccc2c(O[C@@H]3C[C@H]4C(=O)N[C@]5(C(=O)NS(=O)(=O)C6(C)CC6)CC5/C=C\CC[C@H](C)C[C@@H](C)[C@H](NC(=O)OC(C)(C)C)C(=O)N4C3)nc(-c3ccc(OC(C)C)c(F)c3)cc2c1. The number of hydrogen-bond donors (Lipinski definition) is 3. The largest absolute Gasteiger partial charge is 0.497 e. The van der Waals surface area contributed by atoms with Crippen LogP contribution in [0.15, 0.2) is 54.6 Å². The molecule has 1 unspecified atom stereocenters. The minimum atomic E-state index is -4.05. The van der Waals surface area contributed by atoms with E-state index in [9.17, 15) is 22.8 Å². The van der Waals surface area contributed by atoms with Gasteiger partial charge in [0.05, 0.1) is 30.2 Å². The third-order valence-electron chi connectivity index (χ3n) is 12.8. The van der Waals surface area contributed by atoms with Gasteiger partial charge in [-0.15, -0.1) is 0 Å². The van der Waals surface area contributed by atoms with Crippen molar-refractivity contribution in [3.63, 3.8) is 0 Å². The predicted octanol–water partition coefficient (Wildman–Crippen LogP) is 6.96. The van der Waals surface area contributed by atoms with Crippen LogP contribution in [0.1, 0.15) is 100 Å². The minimum absolute atomic E-state index is 0.0600. The van der Waals surface area contributed by atoms with Crippen molar-refractivity contribution in [2.45, 2.75) is 141 Å². The summed E-state index contributed by atoms with van der Waals surface area (Å²) in [5.41, 5.74) is -1.65. The van der Waals surface area contributed by atoms with E-state index in [-0.39, 0.29) is 43.0 Å². The van der Waals surface area contributed by atoms with Crippen molar-refractivity contribution in [3.05, 3.63) is 60.4 Å². The second-order valence-corrected chi connectivity index (χ2v) is 22.0. The Kier molecular flexibility index (Phi) is 13.2. The summed E-state index contributed by atoms with van der Waals surface area (Å²) in [4.78, 5) is 63.5. The molecule has 0 bridgehead atoms. The maximum Gasteiger partial charge on any atom is 0.408 e. The van der Waals surface area contributed by atoms with Gasteiger partial charge in [-0.25, -0.2) is 22.6 Å². The maximum absolute atomic E-state index is 15.4. The van der Waals surface area contributed by atoms with Crippen LogP contribution < -0.4 is 29.6 Å². The summed E-state index contributed by atoms with van der Waals surface area (Å²) in [6.07, 6.45) is 4.73. The van der Waals surface area contributed by atoms with Crippen LogP contribution in [0.5, 0.6) is 17.4 Å². The van der Waals surface area contributed by atoms with Crippen LogP contribution in [0.3, 0.4) is 0 Å². The zero-order valence-corrected chi connectivity index (χ0v) is 39.5. The number of benzene rings is 2. The van der Waals surface area contributed by atoms with Crippen molar-refractivity contribution in [2.24, 2.45) is 17.8 Å². The Morgan fingerprint density at radius 3 is 2.45 bits per heavy atom. The zero-order chi connectivity index (χ0) is 47.2. The number of aromatic nitrogens is 1. The number of allylic oxidation sites excluding steroid dienone is 1.